The molecule has 2 atom stereocenters. The average Bonchev–Trinajstić information content (AvgIpc) is 2.97. The van der Waals surface area contributed by atoms with Gasteiger partial charge in [-0.25, -0.2) is 13.4 Å². The van der Waals surface area contributed by atoms with Gasteiger partial charge in [-0.1, -0.05) is 26.0 Å². The van der Waals surface area contributed by atoms with Crippen LogP contribution in [0.1, 0.15) is 51.7 Å². The van der Waals surface area contributed by atoms with Crippen molar-refractivity contribution in [2.75, 3.05) is 24.6 Å². The van der Waals surface area contributed by atoms with Gasteiger partial charge in [0.1, 0.15) is 5.75 Å². The van der Waals surface area contributed by atoms with Crippen molar-refractivity contribution in [1.29, 1.82) is 0 Å². The summed E-state index contributed by atoms with van der Waals surface area (Å²) in [5.41, 5.74) is 2.21. The Bertz CT molecular complexity index is 797. The standard InChI is InChI=1S/C22H37N3O3S.HI/c1-6-23-22(24-13-19-9-10-29(26,27)15-19)25-14-20-8-7-17(4)12-21(20)28-18(5)11-16(2)3;/h7-8,12,16,18-19H,6,9-11,13-15H2,1-5H3,(H2,23,24,25);1H. The number of rotatable bonds is 9. The third-order valence-corrected chi connectivity index (χ3v) is 6.83. The second-order valence-corrected chi connectivity index (χ2v) is 10.7. The van der Waals surface area contributed by atoms with Crippen molar-refractivity contribution in [2.45, 2.75) is 60.1 Å². The molecule has 1 aromatic carbocycles. The molecule has 6 nitrogen and oxygen atoms in total. The van der Waals surface area contributed by atoms with E-state index in [2.05, 4.69) is 56.5 Å². The molecule has 1 aliphatic heterocycles. The lowest BCUT2D eigenvalue weighted by Crippen LogP contribution is -2.40. The summed E-state index contributed by atoms with van der Waals surface area (Å²) in [5, 5.41) is 6.55. The van der Waals surface area contributed by atoms with E-state index < -0.39 is 9.84 Å². The Kier molecular flexibility index (Phi) is 11.5. The van der Waals surface area contributed by atoms with Crippen molar-refractivity contribution in [3.8, 4) is 5.75 Å². The van der Waals surface area contributed by atoms with Crippen LogP contribution in [0.4, 0.5) is 0 Å². The summed E-state index contributed by atoms with van der Waals surface area (Å²) in [6, 6.07) is 6.23. The molecule has 172 valence electrons. The largest absolute Gasteiger partial charge is 0.490 e. The first-order valence-corrected chi connectivity index (χ1v) is 12.5. The van der Waals surface area contributed by atoms with Crippen LogP contribution in [0.25, 0.3) is 0 Å². The smallest absolute Gasteiger partial charge is 0.191 e. The van der Waals surface area contributed by atoms with E-state index in [0.29, 0.717) is 30.7 Å². The van der Waals surface area contributed by atoms with Gasteiger partial charge in [0.05, 0.1) is 24.2 Å². The lowest BCUT2D eigenvalue weighted by molar-refractivity contribution is 0.191. The summed E-state index contributed by atoms with van der Waals surface area (Å²) >= 11 is 0. The van der Waals surface area contributed by atoms with Gasteiger partial charge in [-0.05, 0) is 57.1 Å². The van der Waals surface area contributed by atoms with Gasteiger partial charge in [-0.2, -0.15) is 0 Å². The fourth-order valence-corrected chi connectivity index (χ4v) is 5.47. The normalized spacial score (nSPS) is 19.3. The molecule has 1 heterocycles. The number of aryl methyl sites for hydroxylation is 1. The second kappa shape index (κ2) is 12.7. The molecule has 1 aliphatic rings. The number of aliphatic imine (C=N–C) groups is 1. The van der Waals surface area contributed by atoms with E-state index in [9.17, 15) is 8.42 Å². The Labute approximate surface area is 199 Å². The van der Waals surface area contributed by atoms with Gasteiger partial charge in [0.2, 0.25) is 0 Å². The summed E-state index contributed by atoms with van der Waals surface area (Å²) in [4.78, 5) is 4.70. The molecule has 2 rings (SSSR count). The lowest BCUT2D eigenvalue weighted by Gasteiger charge is -2.19. The number of guanidine groups is 1. The number of nitrogens with zero attached hydrogens (tertiary/aromatic N) is 1. The monoisotopic (exact) mass is 551 g/mol. The van der Waals surface area contributed by atoms with Crippen LogP contribution in [-0.2, 0) is 16.4 Å². The maximum atomic E-state index is 11.7. The van der Waals surface area contributed by atoms with Crippen LogP contribution < -0.4 is 15.4 Å². The third-order valence-electron chi connectivity index (χ3n) is 4.99. The number of hydrogen-bond acceptors (Lipinski definition) is 4. The number of nitrogens with one attached hydrogen (secondary N) is 2. The van der Waals surface area contributed by atoms with E-state index >= 15 is 0 Å². The van der Waals surface area contributed by atoms with E-state index in [1.54, 1.807) is 0 Å². The number of hydrogen-bond donors (Lipinski definition) is 2. The van der Waals surface area contributed by atoms with Gasteiger partial charge < -0.3 is 15.4 Å². The molecular formula is C22H38IN3O3S. The summed E-state index contributed by atoms with van der Waals surface area (Å²) in [7, 11) is -2.86. The maximum absolute atomic E-state index is 11.7. The number of sulfone groups is 1. The van der Waals surface area contributed by atoms with Gasteiger partial charge in [0.15, 0.2) is 15.8 Å². The molecule has 1 fully saturated rings. The topological polar surface area (TPSA) is 79.8 Å². The first kappa shape index (κ1) is 27.0. The summed E-state index contributed by atoms with van der Waals surface area (Å²) < 4.78 is 29.5. The van der Waals surface area contributed by atoms with Crippen molar-refractivity contribution < 1.29 is 13.2 Å². The zero-order valence-electron chi connectivity index (χ0n) is 18.9. The molecule has 0 radical (unpaired) electrons. The van der Waals surface area contributed by atoms with Gasteiger partial charge >= 0.3 is 0 Å². The highest BCUT2D eigenvalue weighted by Crippen LogP contribution is 2.24. The highest BCUT2D eigenvalue weighted by Gasteiger charge is 2.27. The molecule has 0 aromatic heterocycles. The van der Waals surface area contributed by atoms with E-state index in [-0.39, 0.29) is 41.8 Å². The van der Waals surface area contributed by atoms with E-state index in [1.807, 2.05) is 6.92 Å². The Morgan fingerprint density at radius 1 is 1.27 bits per heavy atom. The fraction of sp³-hybridized carbons (Fsp3) is 0.682. The molecule has 0 saturated carbocycles. The van der Waals surface area contributed by atoms with Crippen LogP contribution in [-0.4, -0.2) is 45.1 Å². The minimum atomic E-state index is -2.86. The third kappa shape index (κ3) is 9.41. The van der Waals surface area contributed by atoms with Crippen LogP contribution in [0.5, 0.6) is 5.75 Å². The maximum Gasteiger partial charge on any atom is 0.191 e. The molecule has 2 N–H and O–H groups in total. The van der Waals surface area contributed by atoms with Crippen LogP contribution in [0.3, 0.4) is 0 Å². The highest BCUT2D eigenvalue weighted by molar-refractivity contribution is 14.0. The van der Waals surface area contributed by atoms with Crippen molar-refractivity contribution >= 4 is 39.8 Å². The second-order valence-electron chi connectivity index (χ2n) is 8.51. The zero-order valence-corrected chi connectivity index (χ0v) is 22.0. The summed E-state index contributed by atoms with van der Waals surface area (Å²) in [5.74, 6) is 2.90. The van der Waals surface area contributed by atoms with Crippen LogP contribution in [0, 0.1) is 18.8 Å². The fourth-order valence-electron chi connectivity index (χ4n) is 3.61. The van der Waals surface area contributed by atoms with E-state index in [1.165, 1.54) is 0 Å². The van der Waals surface area contributed by atoms with Crippen molar-refractivity contribution in [3.05, 3.63) is 29.3 Å². The number of benzene rings is 1. The number of halogens is 1. The highest BCUT2D eigenvalue weighted by atomic mass is 127. The van der Waals surface area contributed by atoms with Crippen molar-refractivity contribution in [3.63, 3.8) is 0 Å². The number of ether oxygens (including phenoxy) is 1. The molecule has 0 bridgehead atoms. The minimum Gasteiger partial charge on any atom is -0.490 e. The molecule has 2 unspecified atom stereocenters. The Hall–Kier alpha value is -1.03. The molecule has 30 heavy (non-hydrogen) atoms. The average molecular weight is 552 g/mol. The predicted octanol–water partition coefficient (Wildman–Crippen LogP) is 3.92. The van der Waals surface area contributed by atoms with Gasteiger partial charge in [-0.3, -0.25) is 0 Å². The minimum absolute atomic E-state index is 0. The SMILES string of the molecule is CCNC(=NCc1ccc(C)cc1OC(C)CC(C)C)NCC1CCS(=O)(=O)C1.I. The van der Waals surface area contributed by atoms with E-state index in [4.69, 9.17) is 9.73 Å². The molecule has 0 spiro atoms. The molecular weight excluding hydrogens is 513 g/mol. The molecule has 0 aliphatic carbocycles. The first-order chi connectivity index (χ1) is 13.7. The van der Waals surface area contributed by atoms with Crippen molar-refractivity contribution in [2.24, 2.45) is 16.8 Å². The Balaban J connectivity index is 0.00000450. The van der Waals surface area contributed by atoms with Crippen LogP contribution in [0.15, 0.2) is 23.2 Å². The quantitative estimate of drug-likeness (QED) is 0.277. The molecule has 8 heteroatoms. The Morgan fingerprint density at radius 2 is 2.00 bits per heavy atom. The van der Waals surface area contributed by atoms with Crippen molar-refractivity contribution in [1.82, 2.24) is 10.6 Å². The van der Waals surface area contributed by atoms with Crippen LogP contribution >= 0.6 is 24.0 Å². The lowest BCUT2D eigenvalue weighted by atomic mass is 10.1. The molecule has 1 saturated heterocycles. The first-order valence-electron chi connectivity index (χ1n) is 10.7. The predicted molar refractivity (Wildman–Crippen MR) is 136 cm³/mol. The van der Waals surface area contributed by atoms with Crippen LogP contribution in [0.2, 0.25) is 0 Å². The van der Waals surface area contributed by atoms with E-state index in [0.717, 1.165) is 36.3 Å². The van der Waals surface area contributed by atoms with Gasteiger partial charge in [-0.15, -0.1) is 24.0 Å². The Morgan fingerprint density at radius 3 is 2.60 bits per heavy atom. The van der Waals surface area contributed by atoms with Gasteiger partial charge in [0.25, 0.3) is 0 Å². The molecule has 0 amide bonds. The zero-order chi connectivity index (χ0) is 21.4. The summed E-state index contributed by atoms with van der Waals surface area (Å²) in [6.07, 6.45) is 1.87. The molecule has 1 aromatic rings. The van der Waals surface area contributed by atoms with Gasteiger partial charge in [0, 0.05) is 18.7 Å². The summed E-state index contributed by atoms with van der Waals surface area (Å²) in [6.45, 7) is 12.5.